The van der Waals surface area contributed by atoms with Crippen molar-refractivity contribution in [2.45, 2.75) is 9.79 Å². The molecule has 0 spiro atoms. The summed E-state index contributed by atoms with van der Waals surface area (Å²) in [5.74, 6) is 0. The highest BCUT2D eigenvalue weighted by atomic mass is 32.2. The number of furan rings is 1. The van der Waals surface area contributed by atoms with E-state index in [1.54, 1.807) is 0 Å². The Kier molecular flexibility index (Phi) is 6.60. The summed E-state index contributed by atoms with van der Waals surface area (Å²) >= 11 is 1.86. The number of hydrogen-bond donors (Lipinski definition) is 0. The molecule has 0 fully saturated rings. The molecule has 0 N–H and O–H groups in total. The fraction of sp³-hybridized carbons (Fsp3) is 0. The number of hydrogen-bond acceptors (Lipinski definition) is 3. The van der Waals surface area contributed by atoms with Crippen LogP contribution in [0.5, 0.6) is 0 Å². The maximum atomic E-state index is 6.19. The zero-order chi connectivity index (χ0) is 36.0. The third-order valence-corrected chi connectivity index (χ3v) is 12.5. The summed E-state index contributed by atoms with van der Waals surface area (Å²) in [6.45, 7) is 0. The van der Waals surface area contributed by atoms with Gasteiger partial charge in [0.1, 0.15) is 11.2 Å². The predicted octanol–water partition coefficient (Wildman–Crippen LogP) is 15.5. The van der Waals surface area contributed by atoms with Crippen LogP contribution < -0.4 is 4.90 Å². The molecule has 3 heteroatoms. The van der Waals surface area contributed by atoms with E-state index in [1.165, 1.54) is 86.5 Å². The molecule has 0 saturated heterocycles. The van der Waals surface area contributed by atoms with Crippen molar-refractivity contribution in [2.75, 3.05) is 4.90 Å². The number of benzene rings is 10. The van der Waals surface area contributed by atoms with Crippen molar-refractivity contribution >= 4 is 93.9 Å². The first kappa shape index (κ1) is 30.6. The Hall–Kier alpha value is -6.81. The highest BCUT2D eigenvalue weighted by Crippen LogP contribution is 2.54. The quantitative estimate of drug-likeness (QED) is 0.169. The molecule has 256 valence electrons. The molecule has 2 nitrogen and oxygen atoms in total. The molecule has 1 aliphatic rings. The van der Waals surface area contributed by atoms with Gasteiger partial charge in [0, 0.05) is 26.3 Å². The predicted molar refractivity (Wildman–Crippen MR) is 233 cm³/mol. The number of para-hydroxylation sites is 1. The van der Waals surface area contributed by atoms with Gasteiger partial charge in [-0.25, -0.2) is 0 Å². The molecule has 2 heterocycles. The van der Waals surface area contributed by atoms with E-state index in [-0.39, 0.29) is 0 Å². The second kappa shape index (κ2) is 11.8. The first-order valence-corrected chi connectivity index (χ1v) is 19.6. The topological polar surface area (TPSA) is 16.4 Å². The van der Waals surface area contributed by atoms with Crippen LogP contribution in [0.3, 0.4) is 0 Å². The van der Waals surface area contributed by atoms with Crippen molar-refractivity contribution in [1.82, 2.24) is 0 Å². The van der Waals surface area contributed by atoms with E-state index in [4.69, 9.17) is 4.42 Å². The fourth-order valence-electron chi connectivity index (χ4n) is 8.75. The van der Waals surface area contributed by atoms with Crippen molar-refractivity contribution in [3.8, 4) is 22.3 Å². The van der Waals surface area contributed by atoms with Gasteiger partial charge >= 0.3 is 0 Å². The van der Waals surface area contributed by atoms with Crippen LogP contribution >= 0.6 is 11.8 Å². The van der Waals surface area contributed by atoms with Crippen LogP contribution in [0.15, 0.2) is 202 Å². The molecule has 0 atom stereocenters. The van der Waals surface area contributed by atoms with Gasteiger partial charge in [-0.1, -0.05) is 139 Å². The van der Waals surface area contributed by atoms with Gasteiger partial charge in [0.25, 0.3) is 0 Å². The molecule has 10 aromatic carbocycles. The van der Waals surface area contributed by atoms with E-state index >= 15 is 0 Å². The van der Waals surface area contributed by atoms with Crippen LogP contribution in [0, 0.1) is 0 Å². The van der Waals surface area contributed by atoms with E-state index in [0.717, 1.165) is 27.6 Å². The Morgan fingerprint density at radius 1 is 0.327 bits per heavy atom. The van der Waals surface area contributed by atoms with Gasteiger partial charge in [0.05, 0.1) is 11.4 Å². The molecule has 55 heavy (non-hydrogen) atoms. The summed E-state index contributed by atoms with van der Waals surface area (Å²) in [5, 5.41) is 12.4. The number of rotatable bonds is 3. The second-order valence-corrected chi connectivity index (χ2v) is 15.6. The Morgan fingerprint density at radius 2 is 0.891 bits per heavy atom. The first-order chi connectivity index (χ1) is 27.2. The van der Waals surface area contributed by atoms with E-state index in [2.05, 4.69) is 181 Å². The minimum atomic E-state index is 0.910. The highest BCUT2D eigenvalue weighted by Gasteiger charge is 2.27. The second-order valence-electron chi connectivity index (χ2n) is 14.5. The standard InChI is InChI=1S/C52H31NOS/c1-2-10-32(11-3-1)35-18-22-41-42-23-21-38(31-45(42)40-15-7-6-14-39(40)44(41)26-35)53-47-29-37(36-19-24-50-46(27-36)43-16-8-9-17-49(43)54-50)20-25-51(47)55-52-30-34-13-5-4-12-33(34)28-48(52)53/h1-31H. The SMILES string of the molecule is c1ccc(-c2ccc3c4ccc(N5c6cc(-c7ccc8oc9ccccc9c8c7)ccc6Sc6cc7ccccc7cc65)cc4c4ccccc4c3c2)cc1. The minimum Gasteiger partial charge on any atom is -0.456 e. The Balaban J connectivity index is 1.08. The summed E-state index contributed by atoms with van der Waals surface area (Å²) in [7, 11) is 0. The Labute approximate surface area is 321 Å². The summed E-state index contributed by atoms with van der Waals surface area (Å²) in [6.07, 6.45) is 0. The molecule has 0 saturated carbocycles. The van der Waals surface area contributed by atoms with Crippen molar-refractivity contribution < 1.29 is 4.42 Å². The van der Waals surface area contributed by atoms with E-state index in [1.807, 2.05) is 23.9 Å². The molecule has 1 aliphatic heterocycles. The third-order valence-electron chi connectivity index (χ3n) is 11.4. The summed E-state index contributed by atoms with van der Waals surface area (Å²) in [4.78, 5) is 4.97. The molecular weight excluding hydrogens is 687 g/mol. The highest BCUT2D eigenvalue weighted by molar-refractivity contribution is 7.99. The summed E-state index contributed by atoms with van der Waals surface area (Å²) in [5.41, 5.74) is 10.2. The number of nitrogens with zero attached hydrogens (tertiary/aromatic N) is 1. The number of fused-ring (bicyclic) bond motifs is 12. The van der Waals surface area contributed by atoms with Crippen molar-refractivity contribution in [1.29, 1.82) is 0 Å². The van der Waals surface area contributed by atoms with Crippen LogP contribution in [0.2, 0.25) is 0 Å². The average Bonchev–Trinajstić information content (AvgIpc) is 3.63. The molecule has 12 rings (SSSR count). The van der Waals surface area contributed by atoms with E-state index < -0.39 is 0 Å². The van der Waals surface area contributed by atoms with Crippen LogP contribution in [0.25, 0.3) is 87.3 Å². The lowest BCUT2D eigenvalue weighted by molar-refractivity contribution is 0.669. The summed E-state index contributed by atoms with van der Waals surface area (Å²) in [6, 6.07) is 68.8. The van der Waals surface area contributed by atoms with E-state index in [9.17, 15) is 0 Å². The maximum Gasteiger partial charge on any atom is 0.135 e. The molecule has 1 aromatic heterocycles. The Bertz CT molecular complexity index is 3340. The van der Waals surface area contributed by atoms with Gasteiger partial charge in [-0.2, -0.15) is 0 Å². The first-order valence-electron chi connectivity index (χ1n) is 18.7. The molecule has 0 bridgehead atoms. The maximum absolute atomic E-state index is 6.19. The van der Waals surface area contributed by atoms with Gasteiger partial charge in [-0.05, 0) is 126 Å². The van der Waals surface area contributed by atoms with Gasteiger partial charge in [-0.3, -0.25) is 0 Å². The van der Waals surface area contributed by atoms with Gasteiger partial charge in [0.15, 0.2) is 0 Å². The van der Waals surface area contributed by atoms with Gasteiger partial charge in [0.2, 0.25) is 0 Å². The zero-order valence-electron chi connectivity index (χ0n) is 29.7. The van der Waals surface area contributed by atoms with Gasteiger partial charge < -0.3 is 9.32 Å². The zero-order valence-corrected chi connectivity index (χ0v) is 30.5. The largest absolute Gasteiger partial charge is 0.456 e. The molecule has 0 unspecified atom stereocenters. The van der Waals surface area contributed by atoms with Crippen molar-refractivity contribution in [3.05, 3.63) is 188 Å². The van der Waals surface area contributed by atoms with Gasteiger partial charge in [-0.15, -0.1) is 0 Å². The molecule has 11 aromatic rings. The lowest BCUT2D eigenvalue weighted by Crippen LogP contribution is -2.15. The van der Waals surface area contributed by atoms with Crippen LogP contribution in [-0.2, 0) is 0 Å². The summed E-state index contributed by atoms with van der Waals surface area (Å²) < 4.78 is 6.19. The molecule has 0 amide bonds. The molecular formula is C52H31NOS. The van der Waals surface area contributed by atoms with Crippen LogP contribution in [-0.4, -0.2) is 0 Å². The molecule has 0 radical (unpaired) electrons. The lowest BCUT2D eigenvalue weighted by Gasteiger charge is -2.34. The number of anilines is 3. The molecule has 0 aliphatic carbocycles. The van der Waals surface area contributed by atoms with Crippen LogP contribution in [0.1, 0.15) is 0 Å². The Morgan fingerprint density at radius 3 is 1.73 bits per heavy atom. The normalized spacial score (nSPS) is 12.6. The van der Waals surface area contributed by atoms with Crippen molar-refractivity contribution in [3.63, 3.8) is 0 Å². The van der Waals surface area contributed by atoms with Crippen molar-refractivity contribution in [2.24, 2.45) is 0 Å². The lowest BCUT2D eigenvalue weighted by atomic mass is 9.91. The van der Waals surface area contributed by atoms with Crippen LogP contribution in [0.4, 0.5) is 17.1 Å². The smallest absolute Gasteiger partial charge is 0.135 e. The van der Waals surface area contributed by atoms with E-state index in [0.29, 0.717) is 0 Å². The average molecular weight is 718 g/mol. The fourth-order valence-corrected chi connectivity index (χ4v) is 9.82. The third kappa shape index (κ3) is 4.77. The monoisotopic (exact) mass is 717 g/mol. The minimum absolute atomic E-state index is 0.910.